The summed E-state index contributed by atoms with van der Waals surface area (Å²) in [5, 5.41) is 0. The lowest BCUT2D eigenvalue weighted by Gasteiger charge is -2.33. The second-order valence-electron chi connectivity index (χ2n) is 5.74. The normalized spacial score (nSPS) is 16.9. The topological polar surface area (TPSA) is 42.2 Å². The third-order valence-electron chi connectivity index (χ3n) is 4.15. The molecule has 0 aromatic carbocycles. The molecule has 106 valence electrons. The molecule has 0 amide bonds. The molecule has 1 saturated heterocycles. The first-order chi connectivity index (χ1) is 9.24. The lowest BCUT2D eigenvalue weighted by molar-refractivity contribution is 0.377. The van der Waals surface area contributed by atoms with Crippen LogP contribution in [-0.4, -0.2) is 24.6 Å². The first-order valence-electron chi connectivity index (χ1n) is 7.65. The maximum absolute atomic E-state index is 5.60. The first kappa shape index (κ1) is 14.3. The van der Waals surface area contributed by atoms with E-state index in [1.807, 2.05) is 6.20 Å². The van der Waals surface area contributed by atoms with Gasteiger partial charge < -0.3 is 10.6 Å². The monoisotopic (exact) mass is 261 g/mol. The molecule has 0 aliphatic carbocycles. The minimum absolute atomic E-state index is 0.697. The molecule has 1 fully saturated rings. The lowest BCUT2D eigenvalue weighted by Crippen LogP contribution is -2.34. The number of aryl methyl sites for hydroxylation is 1. The summed E-state index contributed by atoms with van der Waals surface area (Å²) in [4.78, 5) is 7.11. The van der Waals surface area contributed by atoms with Crippen molar-refractivity contribution in [3.63, 3.8) is 0 Å². The van der Waals surface area contributed by atoms with Crippen LogP contribution in [0.1, 0.15) is 43.7 Å². The number of pyridine rings is 1. The Morgan fingerprint density at radius 1 is 1.37 bits per heavy atom. The van der Waals surface area contributed by atoms with E-state index in [0.29, 0.717) is 6.54 Å². The van der Waals surface area contributed by atoms with E-state index < -0.39 is 0 Å². The van der Waals surface area contributed by atoms with Gasteiger partial charge in [0.25, 0.3) is 0 Å². The highest BCUT2D eigenvalue weighted by molar-refractivity contribution is 5.47. The zero-order chi connectivity index (χ0) is 13.7. The molecule has 0 bridgehead atoms. The van der Waals surface area contributed by atoms with Gasteiger partial charge in [0.2, 0.25) is 0 Å². The van der Waals surface area contributed by atoms with Crippen molar-refractivity contribution < 1.29 is 0 Å². The third kappa shape index (κ3) is 3.69. The highest BCUT2D eigenvalue weighted by Gasteiger charge is 2.20. The van der Waals surface area contributed by atoms with Crippen LogP contribution in [0, 0.1) is 12.8 Å². The molecular formula is C16H27N3. The van der Waals surface area contributed by atoms with E-state index in [4.69, 9.17) is 5.73 Å². The molecule has 0 saturated carbocycles. The maximum Gasteiger partial charge on any atom is 0.131 e. The van der Waals surface area contributed by atoms with Gasteiger partial charge in [-0.15, -0.1) is 0 Å². The van der Waals surface area contributed by atoms with Crippen LogP contribution in [0.3, 0.4) is 0 Å². The molecule has 0 unspecified atom stereocenters. The average Bonchev–Trinajstić information content (AvgIpc) is 2.41. The zero-order valence-electron chi connectivity index (χ0n) is 12.4. The fourth-order valence-corrected chi connectivity index (χ4v) is 3.10. The fourth-order valence-electron chi connectivity index (χ4n) is 3.10. The Kier molecular flexibility index (Phi) is 5.20. The molecule has 2 rings (SSSR count). The standard InChI is InChI=1S/C16H27N3/c1-3-4-14-6-9-19(10-7-14)16-13(2)11-15(5-8-17)12-18-16/h11-12,14H,3-10,17H2,1-2H3. The van der Waals surface area contributed by atoms with Gasteiger partial charge in [-0.1, -0.05) is 25.8 Å². The molecule has 2 heterocycles. The van der Waals surface area contributed by atoms with Crippen molar-refractivity contribution in [2.24, 2.45) is 11.7 Å². The van der Waals surface area contributed by atoms with Crippen LogP contribution >= 0.6 is 0 Å². The van der Waals surface area contributed by atoms with Gasteiger partial charge in [0, 0.05) is 19.3 Å². The summed E-state index contributed by atoms with van der Waals surface area (Å²) in [6.45, 7) is 7.47. The Morgan fingerprint density at radius 3 is 2.68 bits per heavy atom. The number of nitrogens with zero attached hydrogens (tertiary/aromatic N) is 2. The molecular weight excluding hydrogens is 234 g/mol. The summed E-state index contributed by atoms with van der Waals surface area (Å²) in [5.41, 5.74) is 8.14. The van der Waals surface area contributed by atoms with Gasteiger partial charge in [-0.05, 0) is 49.8 Å². The van der Waals surface area contributed by atoms with Crippen molar-refractivity contribution in [2.75, 3.05) is 24.5 Å². The predicted molar refractivity (Wildman–Crippen MR) is 81.6 cm³/mol. The number of hydrogen-bond acceptors (Lipinski definition) is 3. The highest BCUT2D eigenvalue weighted by Crippen LogP contribution is 2.26. The van der Waals surface area contributed by atoms with E-state index in [1.165, 1.54) is 42.6 Å². The summed E-state index contributed by atoms with van der Waals surface area (Å²) in [5.74, 6) is 2.11. The largest absolute Gasteiger partial charge is 0.356 e. The van der Waals surface area contributed by atoms with Gasteiger partial charge in [-0.25, -0.2) is 4.98 Å². The van der Waals surface area contributed by atoms with E-state index in [1.54, 1.807) is 0 Å². The van der Waals surface area contributed by atoms with Crippen molar-refractivity contribution in [1.82, 2.24) is 4.98 Å². The lowest BCUT2D eigenvalue weighted by atomic mass is 9.92. The number of aromatic nitrogens is 1. The molecule has 1 aliphatic heterocycles. The number of anilines is 1. The van der Waals surface area contributed by atoms with Gasteiger partial charge in [0.05, 0.1) is 0 Å². The van der Waals surface area contributed by atoms with Crippen molar-refractivity contribution >= 4 is 5.82 Å². The van der Waals surface area contributed by atoms with E-state index in [9.17, 15) is 0 Å². The molecule has 3 nitrogen and oxygen atoms in total. The Hall–Kier alpha value is -1.09. The van der Waals surface area contributed by atoms with Crippen LogP contribution in [0.25, 0.3) is 0 Å². The predicted octanol–water partition coefficient (Wildman–Crippen LogP) is 2.91. The van der Waals surface area contributed by atoms with E-state index >= 15 is 0 Å². The van der Waals surface area contributed by atoms with Crippen LogP contribution in [0.5, 0.6) is 0 Å². The summed E-state index contributed by atoms with van der Waals surface area (Å²) >= 11 is 0. The molecule has 0 spiro atoms. The number of rotatable bonds is 5. The molecule has 2 N–H and O–H groups in total. The van der Waals surface area contributed by atoms with Gasteiger partial charge in [0.15, 0.2) is 0 Å². The summed E-state index contributed by atoms with van der Waals surface area (Å²) in [7, 11) is 0. The first-order valence-corrected chi connectivity index (χ1v) is 7.65. The van der Waals surface area contributed by atoms with E-state index in [0.717, 1.165) is 25.4 Å². The van der Waals surface area contributed by atoms with Gasteiger partial charge in [0.1, 0.15) is 5.82 Å². The molecule has 0 radical (unpaired) electrons. The minimum Gasteiger partial charge on any atom is -0.356 e. The van der Waals surface area contributed by atoms with Gasteiger partial charge in [-0.3, -0.25) is 0 Å². The zero-order valence-corrected chi connectivity index (χ0v) is 12.4. The van der Waals surface area contributed by atoms with Crippen LogP contribution in [0.2, 0.25) is 0 Å². The van der Waals surface area contributed by atoms with Crippen LogP contribution < -0.4 is 10.6 Å². The van der Waals surface area contributed by atoms with Crippen molar-refractivity contribution in [2.45, 2.75) is 46.0 Å². The second-order valence-corrected chi connectivity index (χ2v) is 5.74. The summed E-state index contributed by atoms with van der Waals surface area (Å²) < 4.78 is 0. The van der Waals surface area contributed by atoms with Crippen molar-refractivity contribution in [1.29, 1.82) is 0 Å². The fraction of sp³-hybridized carbons (Fsp3) is 0.688. The Morgan fingerprint density at radius 2 is 2.11 bits per heavy atom. The molecule has 1 aromatic rings. The van der Waals surface area contributed by atoms with Crippen LogP contribution in [0.15, 0.2) is 12.3 Å². The third-order valence-corrected chi connectivity index (χ3v) is 4.15. The summed E-state index contributed by atoms with van der Waals surface area (Å²) in [6.07, 6.45) is 8.25. The van der Waals surface area contributed by atoms with E-state index in [-0.39, 0.29) is 0 Å². The van der Waals surface area contributed by atoms with Gasteiger partial charge >= 0.3 is 0 Å². The molecule has 1 aliphatic rings. The highest BCUT2D eigenvalue weighted by atomic mass is 15.2. The Bertz CT molecular complexity index is 395. The second kappa shape index (κ2) is 6.90. The molecule has 19 heavy (non-hydrogen) atoms. The Labute approximate surface area is 117 Å². The van der Waals surface area contributed by atoms with Crippen LogP contribution in [-0.2, 0) is 6.42 Å². The van der Waals surface area contributed by atoms with Crippen molar-refractivity contribution in [3.8, 4) is 0 Å². The molecule has 1 aromatic heterocycles. The molecule has 0 atom stereocenters. The molecule has 3 heteroatoms. The number of piperidine rings is 1. The minimum atomic E-state index is 0.697. The number of nitrogens with two attached hydrogens (primary N) is 1. The Balaban J connectivity index is 1.99. The smallest absolute Gasteiger partial charge is 0.131 e. The average molecular weight is 261 g/mol. The maximum atomic E-state index is 5.60. The van der Waals surface area contributed by atoms with E-state index in [2.05, 4.69) is 29.8 Å². The summed E-state index contributed by atoms with van der Waals surface area (Å²) in [6, 6.07) is 2.24. The SMILES string of the molecule is CCCC1CCN(c2ncc(CCN)cc2C)CC1. The quantitative estimate of drug-likeness (QED) is 0.886. The number of hydrogen-bond donors (Lipinski definition) is 1. The van der Waals surface area contributed by atoms with Crippen LogP contribution in [0.4, 0.5) is 5.82 Å². The van der Waals surface area contributed by atoms with Crippen molar-refractivity contribution in [3.05, 3.63) is 23.4 Å². The van der Waals surface area contributed by atoms with Gasteiger partial charge in [-0.2, -0.15) is 0 Å².